The van der Waals surface area contributed by atoms with Crippen molar-refractivity contribution in [3.05, 3.63) is 29.8 Å². The highest BCUT2D eigenvalue weighted by Gasteiger charge is 2.53. The van der Waals surface area contributed by atoms with Crippen LogP contribution < -0.4 is 15.4 Å². The third-order valence-electron chi connectivity index (χ3n) is 7.25. The minimum absolute atomic E-state index is 0.143. The molecule has 1 spiro atoms. The van der Waals surface area contributed by atoms with E-state index in [-0.39, 0.29) is 17.4 Å². The zero-order valence-electron chi connectivity index (χ0n) is 20.0. The van der Waals surface area contributed by atoms with Crippen molar-refractivity contribution in [2.24, 2.45) is 11.3 Å². The summed E-state index contributed by atoms with van der Waals surface area (Å²) in [6, 6.07) is 6.64. The average Bonchev–Trinajstić information content (AvgIpc) is 3.01. The minimum Gasteiger partial charge on any atom is -0.493 e. The van der Waals surface area contributed by atoms with Gasteiger partial charge in [0.05, 0.1) is 12.6 Å². The van der Waals surface area contributed by atoms with E-state index in [1.165, 1.54) is 0 Å². The van der Waals surface area contributed by atoms with Crippen LogP contribution in [0.1, 0.15) is 64.5 Å². The number of nitrogens with zero attached hydrogens (tertiary/aromatic N) is 1. The van der Waals surface area contributed by atoms with Crippen LogP contribution in [0.5, 0.6) is 5.75 Å². The average molecular weight is 472 g/mol. The maximum Gasteiger partial charge on any atom is 0.326 e. The molecule has 4 amide bonds. The number of benzene rings is 1. The summed E-state index contributed by atoms with van der Waals surface area (Å²) in [4.78, 5) is 51.1. The fourth-order valence-corrected chi connectivity index (χ4v) is 5.18. The Balaban J connectivity index is 1.27. The summed E-state index contributed by atoms with van der Waals surface area (Å²) >= 11 is 0. The molecule has 2 fully saturated rings. The van der Waals surface area contributed by atoms with Crippen LogP contribution in [0.2, 0.25) is 0 Å². The Hall–Kier alpha value is -3.10. The topological polar surface area (TPSA) is 114 Å². The molecule has 1 saturated carbocycles. The summed E-state index contributed by atoms with van der Waals surface area (Å²) < 4.78 is 10.7. The van der Waals surface area contributed by atoms with Gasteiger partial charge in [0.1, 0.15) is 17.8 Å². The van der Waals surface area contributed by atoms with Gasteiger partial charge in [0.25, 0.3) is 11.8 Å². The maximum atomic E-state index is 13.0. The molecule has 0 aromatic heterocycles. The van der Waals surface area contributed by atoms with Crippen LogP contribution in [0.15, 0.2) is 24.3 Å². The molecule has 2 N–H and O–H groups in total. The summed E-state index contributed by atoms with van der Waals surface area (Å²) in [5, 5.41) is 5.66. The first kappa shape index (κ1) is 24.0. The van der Waals surface area contributed by atoms with E-state index in [0.29, 0.717) is 31.8 Å². The number of fused-ring (bicyclic) bond motifs is 1. The molecule has 2 heterocycles. The first-order valence-corrected chi connectivity index (χ1v) is 11.9. The summed E-state index contributed by atoms with van der Waals surface area (Å²) in [7, 11) is 0. The van der Waals surface area contributed by atoms with Crippen molar-refractivity contribution >= 4 is 23.8 Å². The van der Waals surface area contributed by atoms with Crippen LogP contribution in [0.3, 0.4) is 0 Å². The fourth-order valence-electron chi connectivity index (χ4n) is 5.18. The Morgan fingerprint density at radius 2 is 1.88 bits per heavy atom. The number of rotatable bonds is 5. The van der Waals surface area contributed by atoms with Crippen molar-refractivity contribution in [3.8, 4) is 5.75 Å². The van der Waals surface area contributed by atoms with E-state index in [4.69, 9.17) is 9.47 Å². The molecule has 9 heteroatoms. The standard InChI is InChI=1S/C25H33N3O6/c1-24(2,3)16-8-11-25(12-9-16)22(31)28(23(32)27-25)14-21(30)34-15-20(29)26-18-10-13-33-19-7-5-4-6-17(18)19/h4-7,16,18H,8-15H2,1-3H3,(H,26,29)(H,27,32). The van der Waals surface area contributed by atoms with E-state index in [2.05, 4.69) is 31.4 Å². The number of hydrogen-bond donors (Lipinski definition) is 2. The molecule has 3 aliphatic rings. The van der Waals surface area contributed by atoms with Crippen LogP contribution in [-0.4, -0.2) is 54.0 Å². The number of urea groups is 1. The number of hydrogen-bond acceptors (Lipinski definition) is 6. The van der Waals surface area contributed by atoms with E-state index in [1.54, 1.807) is 0 Å². The van der Waals surface area contributed by atoms with Gasteiger partial charge < -0.3 is 20.1 Å². The lowest BCUT2D eigenvalue weighted by Crippen LogP contribution is -2.50. The molecular weight excluding hydrogens is 438 g/mol. The van der Waals surface area contributed by atoms with Crippen LogP contribution in [0.25, 0.3) is 0 Å². The Morgan fingerprint density at radius 3 is 2.59 bits per heavy atom. The lowest BCUT2D eigenvalue weighted by Gasteiger charge is -2.40. The van der Waals surface area contributed by atoms with Crippen molar-refractivity contribution in [3.63, 3.8) is 0 Å². The van der Waals surface area contributed by atoms with Crippen molar-refractivity contribution in [1.29, 1.82) is 0 Å². The van der Waals surface area contributed by atoms with Gasteiger partial charge in [0, 0.05) is 12.0 Å². The second kappa shape index (κ2) is 9.27. The predicted molar refractivity (Wildman–Crippen MR) is 123 cm³/mol. The van der Waals surface area contributed by atoms with Gasteiger partial charge in [-0.05, 0) is 43.1 Å². The second-order valence-electron chi connectivity index (χ2n) is 10.5. The van der Waals surface area contributed by atoms with Gasteiger partial charge in [-0.3, -0.25) is 19.3 Å². The molecule has 9 nitrogen and oxygen atoms in total. The van der Waals surface area contributed by atoms with Crippen molar-refractivity contribution in [2.75, 3.05) is 19.8 Å². The normalized spacial score (nSPS) is 26.5. The summed E-state index contributed by atoms with van der Waals surface area (Å²) in [5.74, 6) is -0.441. The van der Waals surface area contributed by atoms with Gasteiger partial charge in [-0.15, -0.1) is 0 Å². The first-order chi connectivity index (χ1) is 16.1. The number of ether oxygens (including phenoxy) is 2. The molecular formula is C25H33N3O6. The van der Waals surface area contributed by atoms with Crippen LogP contribution in [0.4, 0.5) is 4.79 Å². The van der Waals surface area contributed by atoms with E-state index in [0.717, 1.165) is 29.1 Å². The predicted octanol–water partition coefficient (Wildman–Crippen LogP) is 2.70. The summed E-state index contributed by atoms with van der Waals surface area (Å²) in [6.07, 6.45) is 3.39. The number of amides is 4. The molecule has 1 unspecified atom stereocenters. The molecule has 1 atom stereocenters. The Bertz CT molecular complexity index is 977. The highest BCUT2D eigenvalue weighted by molar-refractivity contribution is 6.08. The fraction of sp³-hybridized carbons (Fsp3) is 0.600. The largest absolute Gasteiger partial charge is 0.493 e. The van der Waals surface area contributed by atoms with Gasteiger partial charge in [0.2, 0.25) is 0 Å². The third-order valence-corrected chi connectivity index (χ3v) is 7.25. The van der Waals surface area contributed by atoms with Crippen LogP contribution in [0, 0.1) is 11.3 Å². The number of para-hydroxylation sites is 1. The molecule has 4 rings (SSSR count). The van der Waals surface area contributed by atoms with Crippen molar-refractivity contribution in [2.45, 2.75) is 64.5 Å². The highest BCUT2D eigenvalue weighted by Crippen LogP contribution is 2.43. The number of carbonyl (C=O) groups is 4. The van der Waals surface area contributed by atoms with E-state index in [1.807, 2.05) is 24.3 Å². The smallest absolute Gasteiger partial charge is 0.326 e. The van der Waals surface area contributed by atoms with E-state index < -0.39 is 36.6 Å². The van der Waals surface area contributed by atoms with Gasteiger partial charge in [-0.2, -0.15) is 0 Å². The highest BCUT2D eigenvalue weighted by atomic mass is 16.5. The van der Waals surface area contributed by atoms with Crippen LogP contribution >= 0.6 is 0 Å². The number of esters is 1. The number of carbonyl (C=O) groups excluding carboxylic acids is 4. The summed E-state index contributed by atoms with van der Waals surface area (Å²) in [5.41, 5.74) is 0.0797. The SMILES string of the molecule is CC(C)(C)C1CCC2(CC1)NC(=O)N(CC(=O)OCC(=O)NC1CCOc3ccccc31)C2=O. The van der Waals surface area contributed by atoms with Crippen molar-refractivity contribution < 1.29 is 28.7 Å². The van der Waals surface area contributed by atoms with Crippen molar-refractivity contribution in [1.82, 2.24) is 15.5 Å². The van der Waals surface area contributed by atoms with Gasteiger partial charge in [-0.25, -0.2) is 4.79 Å². The minimum atomic E-state index is -0.938. The molecule has 2 aliphatic heterocycles. The second-order valence-corrected chi connectivity index (χ2v) is 10.5. The first-order valence-electron chi connectivity index (χ1n) is 11.9. The van der Waals surface area contributed by atoms with Gasteiger partial charge in [0.15, 0.2) is 6.61 Å². The zero-order valence-corrected chi connectivity index (χ0v) is 20.0. The molecule has 1 saturated heterocycles. The Labute approximate surface area is 199 Å². The van der Waals surface area contributed by atoms with E-state index >= 15 is 0 Å². The molecule has 34 heavy (non-hydrogen) atoms. The quantitative estimate of drug-likeness (QED) is 0.504. The molecule has 1 aromatic rings. The maximum absolute atomic E-state index is 13.0. The molecule has 1 aliphatic carbocycles. The lowest BCUT2D eigenvalue weighted by molar-refractivity contribution is -0.151. The zero-order chi connectivity index (χ0) is 24.5. The Kier molecular flexibility index (Phi) is 6.55. The third kappa shape index (κ3) is 4.88. The van der Waals surface area contributed by atoms with Crippen LogP contribution in [-0.2, 0) is 19.1 Å². The summed E-state index contributed by atoms with van der Waals surface area (Å²) in [6.45, 7) is 6.03. The van der Waals surface area contributed by atoms with E-state index in [9.17, 15) is 19.2 Å². The lowest BCUT2D eigenvalue weighted by atomic mass is 9.67. The van der Waals surface area contributed by atoms with Gasteiger partial charge >= 0.3 is 12.0 Å². The number of nitrogens with one attached hydrogen (secondary N) is 2. The molecule has 184 valence electrons. The monoisotopic (exact) mass is 471 g/mol. The molecule has 0 bridgehead atoms. The molecule has 1 aromatic carbocycles. The number of imide groups is 1. The molecule has 0 radical (unpaired) electrons. The van der Waals surface area contributed by atoms with Gasteiger partial charge in [-0.1, -0.05) is 39.0 Å². The Morgan fingerprint density at radius 1 is 1.18 bits per heavy atom.